The van der Waals surface area contributed by atoms with Gasteiger partial charge >= 0.3 is 5.97 Å². The Hall–Kier alpha value is -1.10. The molecule has 0 saturated heterocycles. The van der Waals surface area contributed by atoms with Crippen molar-refractivity contribution < 1.29 is 14.7 Å². The van der Waals surface area contributed by atoms with E-state index in [-0.39, 0.29) is 18.4 Å². The quantitative estimate of drug-likeness (QED) is 0.540. The Morgan fingerprint density at radius 3 is 2.23 bits per heavy atom. The lowest BCUT2D eigenvalue weighted by Gasteiger charge is -2.17. The molecule has 3 N–H and O–H groups in total. The summed E-state index contributed by atoms with van der Waals surface area (Å²) < 4.78 is 0. The van der Waals surface area contributed by atoms with E-state index >= 15 is 0 Å². The number of carboxylic acids is 1. The standard InChI is InChI=1S/C8H16N2O3/c1-5(2)7(8(12)13)10-6(11)4-9-3/h5,7,9H,4H2,1-3H3,(H,10,11)(H,12,13). The first-order valence-electron chi connectivity index (χ1n) is 4.15. The summed E-state index contributed by atoms with van der Waals surface area (Å²) in [5.41, 5.74) is 0. The summed E-state index contributed by atoms with van der Waals surface area (Å²) in [6.07, 6.45) is 0. The highest BCUT2D eigenvalue weighted by Crippen LogP contribution is 2.00. The van der Waals surface area contributed by atoms with Crippen LogP contribution in [0.4, 0.5) is 0 Å². The van der Waals surface area contributed by atoms with Crippen molar-refractivity contribution in [1.29, 1.82) is 0 Å². The van der Waals surface area contributed by atoms with Crippen molar-refractivity contribution in [1.82, 2.24) is 10.6 Å². The number of aliphatic carboxylic acids is 1. The number of likely N-dealkylation sites (N-methyl/N-ethyl adjacent to an activating group) is 1. The Kier molecular flexibility index (Phi) is 5.06. The lowest BCUT2D eigenvalue weighted by Crippen LogP contribution is -2.46. The summed E-state index contributed by atoms with van der Waals surface area (Å²) in [6.45, 7) is 3.63. The number of carboxylic acid groups (broad SMARTS) is 1. The molecular weight excluding hydrogens is 172 g/mol. The highest BCUT2D eigenvalue weighted by molar-refractivity contribution is 5.84. The fourth-order valence-electron chi connectivity index (χ4n) is 0.899. The van der Waals surface area contributed by atoms with Gasteiger partial charge in [0.1, 0.15) is 6.04 Å². The maximum Gasteiger partial charge on any atom is 0.326 e. The van der Waals surface area contributed by atoms with E-state index in [4.69, 9.17) is 5.11 Å². The molecular formula is C8H16N2O3. The molecule has 0 bridgehead atoms. The molecule has 0 aromatic heterocycles. The van der Waals surface area contributed by atoms with E-state index in [1.165, 1.54) is 0 Å². The first-order valence-corrected chi connectivity index (χ1v) is 4.15. The summed E-state index contributed by atoms with van der Waals surface area (Å²) in [7, 11) is 1.63. The third-order valence-corrected chi connectivity index (χ3v) is 1.59. The predicted molar refractivity (Wildman–Crippen MR) is 48.3 cm³/mol. The van der Waals surface area contributed by atoms with E-state index in [0.717, 1.165) is 0 Å². The molecule has 0 aliphatic carbocycles. The zero-order valence-electron chi connectivity index (χ0n) is 8.13. The van der Waals surface area contributed by atoms with E-state index in [1.54, 1.807) is 20.9 Å². The number of amides is 1. The van der Waals surface area contributed by atoms with E-state index in [2.05, 4.69) is 10.6 Å². The van der Waals surface area contributed by atoms with Crippen LogP contribution in [0.5, 0.6) is 0 Å². The molecule has 0 aromatic carbocycles. The van der Waals surface area contributed by atoms with E-state index in [1.807, 2.05) is 0 Å². The van der Waals surface area contributed by atoms with Crippen LogP contribution in [0.2, 0.25) is 0 Å². The molecule has 13 heavy (non-hydrogen) atoms. The second-order valence-corrected chi connectivity index (χ2v) is 3.16. The fraction of sp³-hybridized carbons (Fsp3) is 0.750. The van der Waals surface area contributed by atoms with Crippen molar-refractivity contribution in [3.05, 3.63) is 0 Å². The second kappa shape index (κ2) is 5.53. The molecule has 0 aliphatic heterocycles. The SMILES string of the molecule is CNCC(=O)NC(C(=O)O)C(C)C. The Balaban J connectivity index is 4.10. The lowest BCUT2D eigenvalue weighted by molar-refractivity contribution is -0.142. The highest BCUT2D eigenvalue weighted by Gasteiger charge is 2.22. The van der Waals surface area contributed by atoms with Gasteiger partial charge in [-0.25, -0.2) is 4.79 Å². The molecule has 0 saturated carbocycles. The Bertz CT molecular complexity index is 192. The van der Waals surface area contributed by atoms with Gasteiger partial charge in [-0.15, -0.1) is 0 Å². The van der Waals surface area contributed by atoms with Crippen molar-refractivity contribution in [2.45, 2.75) is 19.9 Å². The van der Waals surface area contributed by atoms with Gasteiger partial charge < -0.3 is 15.7 Å². The van der Waals surface area contributed by atoms with Crippen LogP contribution in [-0.4, -0.2) is 36.6 Å². The Morgan fingerprint density at radius 1 is 1.38 bits per heavy atom. The van der Waals surface area contributed by atoms with Gasteiger partial charge in [0.05, 0.1) is 6.54 Å². The second-order valence-electron chi connectivity index (χ2n) is 3.16. The minimum atomic E-state index is -1.00. The average Bonchev–Trinajstić information content (AvgIpc) is 1.99. The lowest BCUT2D eigenvalue weighted by atomic mass is 10.1. The summed E-state index contributed by atoms with van der Waals surface area (Å²) in [5, 5.41) is 13.8. The van der Waals surface area contributed by atoms with Crippen LogP contribution in [-0.2, 0) is 9.59 Å². The molecule has 5 heteroatoms. The van der Waals surface area contributed by atoms with Gasteiger partial charge in [0.15, 0.2) is 0 Å². The van der Waals surface area contributed by atoms with Crippen LogP contribution < -0.4 is 10.6 Å². The third kappa shape index (κ3) is 4.47. The molecule has 0 heterocycles. The fourth-order valence-corrected chi connectivity index (χ4v) is 0.899. The monoisotopic (exact) mass is 188 g/mol. The molecule has 5 nitrogen and oxygen atoms in total. The molecule has 0 rings (SSSR count). The molecule has 1 amide bonds. The topological polar surface area (TPSA) is 78.4 Å². The summed E-state index contributed by atoms with van der Waals surface area (Å²) in [6, 6.07) is -0.805. The summed E-state index contributed by atoms with van der Waals surface area (Å²) in [4.78, 5) is 21.7. The molecule has 1 atom stereocenters. The minimum absolute atomic E-state index is 0.113. The zero-order valence-corrected chi connectivity index (χ0v) is 8.13. The summed E-state index contributed by atoms with van der Waals surface area (Å²) >= 11 is 0. The molecule has 0 radical (unpaired) electrons. The van der Waals surface area contributed by atoms with Crippen LogP contribution in [0.1, 0.15) is 13.8 Å². The van der Waals surface area contributed by atoms with Crippen molar-refractivity contribution in [3.8, 4) is 0 Å². The number of carbonyl (C=O) groups excluding carboxylic acids is 1. The predicted octanol–water partition coefficient (Wildman–Crippen LogP) is -0.569. The number of rotatable bonds is 5. The van der Waals surface area contributed by atoms with Crippen LogP contribution in [0.25, 0.3) is 0 Å². The first-order chi connectivity index (χ1) is 5.99. The van der Waals surface area contributed by atoms with Crippen LogP contribution in [0.3, 0.4) is 0 Å². The van der Waals surface area contributed by atoms with Crippen LogP contribution in [0.15, 0.2) is 0 Å². The number of carbonyl (C=O) groups is 2. The maximum atomic E-state index is 11.0. The number of nitrogens with one attached hydrogen (secondary N) is 2. The molecule has 0 fully saturated rings. The van der Waals surface area contributed by atoms with Crippen LogP contribution in [0, 0.1) is 5.92 Å². The minimum Gasteiger partial charge on any atom is -0.480 e. The third-order valence-electron chi connectivity index (χ3n) is 1.59. The van der Waals surface area contributed by atoms with Crippen molar-refractivity contribution in [2.24, 2.45) is 5.92 Å². The largest absolute Gasteiger partial charge is 0.480 e. The van der Waals surface area contributed by atoms with Gasteiger partial charge in [0.2, 0.25) is 5.91 Å². The molecule has 0 spiro atoms. The van der Waals surface area contributed by atoms with Gasteiger partial charge in [-0.2, -0.15) is 0 Å². The van der Waals surface area contributed by atoms with Crippen LogP contribution >= 0.6 is 0 Å². The summed E-state index contributed by atoms with van der Waals surface area (Å²) in [5.74, 6) is -1.42. The number of hydrogen-bond donors (Lipinski definition) is 3. The smallest absolute Gasteiger partial charge is 0.326 e. The maximum absolute atomic E-state index is 11.0. The number of hydrogen-bond acceptors (Lipinski definition) is 3. The van der Waals surface area contributed by atoms with Crippen molar-refractivity contribution >= 4 is 11.9 Å². The molecule has 0 aromatic rings. The van der Waals surface area contributed by atoms with E-state index in [0.29, 0.717) is 0 Å². The Labute approximate surface area is 77.5 Å². The highest BCUT2D eigenvalue weighted by atomic mass is 16.4. The molecule has 1 unspecified atom stereocenters. The van der Waals surface area contributed by atoms with E-state index in [9.17, 15) is 9.59 Å². The molecule has 76 valence electrons. The van der Waals surface area contributed by atoms with Gasteiger partial charge in [-0.3, -0.25) is 4.79 Å². The normalized spacial score (nSPS) is 12.6. The molecule has 0 aliphatic rings. The van der Waals surface area contributed by atoms with Gasteiger partial charge in [-0.05, 0) is 13.0 Å². The van der Waals surface area contributed by atoms with Gasteiger partial charge in [0, 0.05) is 0 Å². The van der Waals surface area contributed by atoms with Gasteiger partial charge in [-0.1, -0.05) is 13.8 Å². The first kappa shape index (κ1) is 11.9. The van der Waals surface area contributed by atoms with Crippen molar-refractivity contribution in [2.75, 3.05) is 13.6 Å². The van der Waals surface area contributed by atoms with Crippen molar-refractivity contribution in [3.63, 3.8) is 0 Å². The zero-order chi connectivity index (χ0) is 10.4. The average molecular weight is 188 g/mol. The van der Waals surface area contributed by atoms with Gasteiger partial charge in [0.25, 0.3) is 0 Å². The Morgan fingerprint density at radius 2 is 1.92 bits per heavy atom. The van der Waals surface area contributed by atoms with E-state index < -0.39 is 12.0 Å².